The van der Waals surface area contributed by atoms with Crippen LogP contribution in [0.1, 0.15) is 24.4 Å². The maximum absolute atomic E-state index is 12.9. The predicted molar refractivity (Wildman–Crippen MR) is 111 cm³/mol. The van der Waals surface area contributed by atoms with Gasteiger partial charge in [-0.3, -0.25) is 29.8 Å². The van der Waals surface area contributed by atoms with Crippen LogP contribution in [-0.4, -0.2) is 27.1 Å². The Bertz CT molecular complexity index is 1100. The van der Waals surface area contributed by atoms with Crippen molar-refractivity contribution in [3.05, 3.63) is 57.7 Å². The molecular weight excluding hydrogens is 416 g/mol. The molecule has 2 amide bonds. The summed E-state index contributed by atoms with van der Waals surface area (Å²) >= 11 is 7.12. The van der Waals surface area contributed by atoms with Crippen LogP contribution in [0.3, 0.4) is 0 Å². The molecule has 0 aliphatic rings. The molecule has 1 aromatic carbocycles. The largest absolute Gasteiger partial charge is 0.459 e. The molecule has 0 atom stereocenters. The number of amides is 2. The van der Waals surface area contributed by atoms with Crippen molar-refractivity contribution in [1.29, 1.82) is 0 Å². The second-order valence-electron chi connectivity index (χ2n) is 6.63. The first-order valence-corrected chi connectivity index (χ1v) is 10.2. The highest BCUT2D eigenvalue weighted by molar-refractivity contribution is 7.99. The van der Waals surface area contributed by atoms with E-state index >= 15 is 0 Å². The van der Waals surface area contributed by atoms with Crippen molar-refractivity contribution >= 4 is 46.1 Å². The summed E-state index contributed by atoms with van der Waals surface area (Å²) in [6.07, 6.45) is 1.36. The van der Waals surface area contributed by atoms with Crippen LogP contribution >= 0.6 is 23.4 Å². The van der Waals surface area contributed by atoms with E-state index in [4.69, 9.17) is 16.0 Å². The zero-order valence-corrected chi connectivity index (χ0v) is 17.3. The van der Waals surface area contributed by atoms with E-state index in [2.05, 4.69) is 15.8 Å². The van der Waals surface area contributed by atoms with Crippen LogP contribution in [0, 0.1) is 5.92 Å². The van der Waals surface area contributed by atoms with Gasteiger partial charge in [-0.05, 0) is 36.2 Å². The summed E-state index contributed by atoms with van der Waals surface area (Å²) in [4.78, 5) is 41.3. The molecule has 0 aliphatic heterocycles. The maximum Gasteiger partial charge on any atom is 0.305 e. The fourth-order valence-electron chi connectivity index (χ4n) is 2.57. The van der Waals surface area contributed by atoms with Crippen molar-refractivity contribution in [3.63, 3.8) is 0 Å². The Morgan fingerprint density at radius 2 is 2.07 bits per heavy atom. The van der Waals surface area contributed by atoms with E-state index in [0.717, 1.165) is 11.8 Å². The van der Waals surface area contributed by atoms with Crippen molar-refractivity contribution in [2.24, 2.45) is 5.92 Å². The molecular formula is C19H19ClN4O4S. The molecule has 152 valence electrons. The summed E-state index contributed by atoms with van der Waals surface area (Å²) < 4.78 is 6.49. The van der Waals surface area contributed by atoms with E-state index in [1.807, 2.05) is 13.8 Å². The molecule has 8 nitrogen and oxygen atoms in total. The maximum atomic E-state index is 12.9. The van der Waals surface area contributed by atoms with Crippen molar-refractivity contribution in [2.45, 2.75) is 25.5 Å². The van der Waals surface area contributed by atoms with Crippen LogP contribution < -0.4 is 16.4 Å². The summed E-state index contributed by atoms with van der Waals surface area (Å²) in [6, 6.07) is 7.97. The SMILES string of the molecule is CC(C)Cn1c(SCC(=O)NNC(=O)c2ccco2)nc2ccc(Cl)cc2c1=O. The Morgan fingerprint density at radius 1 is 1.28 bits per heavy atom. The topological polar surface area (TPSA) is 106 Å². The van der Waals surface area contributed by atoms with Crippen molar-refractivity contribution in [3.8, 4) is 0 Å². The van der Waals surface area contributed by atoms with Gasteiger partial charge in [-0.25, -0.2) is 4.98 Å². The van der Waals surface area contributed by atoms with Crippen molar-refractivity contribution < 1.29 is 14.0 Å². The number of carbonyl (C=O) groups excluding carboxylic acids is 2. The third-order valence-electron chi connectivity index (χ3n) is 3.82. The minimum Gasteiger partial charge on any atom is -0.459 e. The predicted octanol–water partition coefficient (Wildman–Crippen LogP) is 2.85. The fourth-order valence-corrected chi connectivity index (χ4v) is 3.55. The zero-order chi connectivity index (χ0) is 21.0. The molecule has 0 bridgehead atoms. The zero-order valence-electron chi connectivity index (χ0n) is 15.8. The number of benzene rings is 1. The molecule has 3 aromatic rings. The lowest BCUT2D eigenvalue weighted by molar-refractivity contribution is -0.119. The number of rotatable bonds is 6. The van der Waals surface area contributed by atoms with Gasteiger partial charge in [0.1, 0.15) is 0 Å². The van der Waals surface area contributed by atoms with E-state index in [-0.39, 0.29) is 23.0 Å². The number of carbonyl (C=O) groups is 2. The molecule has 0 fully saturated rings. The van der Waals surface area contributed by atoms with Gasteiger partial charge in [0.25, 0.3) is 5.56 Å². The second kappa shape index (κ2) is 9.15. The molecule has 0 radical (unpaired) electrons. The molecule has 0 aliphatic carbocycles. The number of hydrogen-bond acceptors (Lipinski definition) is 6. The Morgan fingerprint density at radius 3 is 2.76 bits per heavy atom. The molecule has 0 spiro atoms. The Hall–Kier alpha value is -2.78. The third kappa shape index (κ3) is 5.18. The minimum atomic E-state index is -0.564. The van der Waals surface area contributed by atoms with Crippen LogP contribution in [0.5, 0.6) is 0 Å². The van der Waals surface area contributed by atoms with Gasteiger partial charge in [0.15, 0.2) is 10.9 Å². The highest BCUT2D eigenvalue weighted by atomic mass is 35.5. The number of halogens is 1. The standard InChI is InChI=1S/C19H19ClN4O4S/c1-11(2)9-24-18(27)13-8-12(20)5-6-14(13)21-19(24)29-10-16(25)22-23-17(26)15-4-3-7-28-15/h3-8,11H,9-10H2,1-2H3,(H,22,25)(H,23,26). The number of furan rings is 1. The number of nitrogens with zero attached hydrogens (tertiary/aromatic N) is 2. The third-order valence-corrected chi connectivity index (χ3v) is 5.03. The number of nitrogens with one attached hydrogen (secondary N) is 2. The van der Waals surface area contributed by atoms with Crippen LogP contribution in [0.4, 0.5) is 0 Å². The average molecular weight is 435 g/mol. The lowest BCUT2D eigenvalue weighted by Crippen LogP contribution is -2.42. The van der Waals surface area contributed by atoms with Crippen LogP contribution in [0.15, 0.2) is 51.0 Å². The summed E-state index contributed by atoms with van der Waals surface area (Å²) in [7, 11) is 0. The number of thioether (sulfide) groups is 1. The average Bonchev–Trinajstić information content (AvgIpc) is 3.22. The first-order valence-electron chi connectivity index (χ1n) is 8.80. The first-order chi connectivity index (χ1) is 13.8. The Kier molecular flexibility index (Phi) is 6.60. The molecule has 2 aromatic heterocycles. The van der Waals surface area contributed by atoms with Gasteiger partial charge in [-0.1, -0.05) is 37.2 Å². The lowest BCUT2D eigenvalue weighted by atomic mass is 10.2. The normalized spacial score (nSPS) is 11.0. The molecule has 2 N–H and O–H groups in total. The van der Waals surface area contributed by atoms with Crippen molar-refractivity contribution in [2.75, 3.05) is 5.75 Å². The molecule has 10 heteroatoms. The first kappa shape index (κ1) is 20.9. The lowest BCUT2D eigenvalue weighted by Gasteiger charge is -2.15. The smallest absolute Gasteiger partial charge is 0.305 e. The number of hydrogen-bond donors (Lipinski definition) is 2. The van der Waals surface area contributed by atoms with Gasteiger partial charge < -0.3 is 4.42 Å². The highest BCUT2D eigenvalue weighted by Crippen LogP contribution is 2.21. The summed E-state index contributed by atoms with van der Waals surface area (Å²) in [5.74, 6) is -0.769. The van der Waals surface area contributed by atoms with E-state index < -0.39 is 11.8 Å². The van der Waals surface area contributed by atoms with E-state index in [1.165, 1.54) is 12.3 Å². The van der Waals surface area contributed by atoms with Crippen LogP contribution in [0.25, 0.3) is 10.9 Å². The van der Waals surface area contributed by atoms with Gasteiger partial charge >= 0.3 is 5.91 Å². The van der Waals surface area contributed by atoms with Crippen LogP contribution in [-0.2, 0) is 11.3 Å². The molecule has 0 saturated heterocycles. The molecule has 0 saturated carbocycles. The summed E-state index contributed by atoms with van der Waals surface area (Å²) in [6.45, 7) is 4.42. The summed E-state index contributed by atoms with van der Waals surface area (Å²) in [5, 5.41) is 1.31. The van der Waals surface area contributed by atoms with Gasteiger partial charge in [0.05, 0.1) is 22.9 Å². The van der Waals surface area contributed by atoms with Crippen molar-refractivity contribution in [1.82, 2.24) is 20.4 Å². The van der Waals surface area contributed by atoms with E-state index in [0.29, 0.717) is 27.6 Å². The Balaban J connectivity index is 1.74. The van der Waals surface area contributed by atoms with Crippen LogP contribution in [0.2, 0.25) is 5.02 Å². The number of hydrazine groups is 1. The van der Waals surface area contributed by atoms with Gasteiger partial charge in [-0.2, -0.15) is 0 Å². The molecule has 2 heterocycles. The van der Waals surface area contributed by atoms with E-state index in [1.54, 1.807) is 28.8 Å². The number of aromatic nitrogens is 2. The molecule has 3 rings (SSSR count). The van der Waals surface area contributed by atoms with Gasteiger partial charge in [-0.15, -0.1) is 0 Å². The monoisotopic (exact) mass is 434 g/mol. The quantitative estimate of drug-likeness (QED) is 0.351. The number of fused-ring (bicyclic) bond motifs is 1. The minimum absolute atomic E-state index is 0.0396. The molecule has 29 heavy (non-hydrogen) atoms. The Labute approximate surface area is 175 Å². The summed E-state index contributed by atoms with van der Waals surface area (Å²) in [5.41, 5.74) is 4.87. The van der Waals surface area contributed by atoms with Gasteiger partial charge in [0, 0.05) is 11.6 Å². The molecule has 0 unspecified atom stereocenters. The van der Waals surface area contributed by atoms with E-state index in [9.17, 15) is 14.4 Å². The second-order valence-corrected chi connectivity index (χ2v) is 8.01. The van der Waals surface area contributed by atoms with Gasteiger partial charge in [0.2, 0.25) is 5.91 Å². The highest BCUT2D eigenvalue weighted by Gasteiger charge is 2.15. The fraction of sp³-hybridized carbons (Fsp3) is 0.263.